The van der Waals surface area contributed by atoms with E-state index in [-0.39, 0.29) is 5.75 Å². The molecule has 0 amide bonds. The summed E-state index contributed by atoms with van der Waals surface area (Å²) in [4.78, 5) is 3.77. The van der Waals surface area contributed by atoms with E-state index in [2.05, 4.69) is 4.98 Å². The summed E-state index contributed by atoms with van der Waals surface area (Å²) in [5.41, 5.74) is 0.829. The molecule has 1 aromatic heterocycles. The van der Waals surface area contributed by atoms with Gasteiger partial charge in [-0.25, -0.2) is 4.21 Å². The topological polar surface area (TPSA) is 50.2 Å². The summed E-state index contributed by atoms with van der Waals surface area (Å²) in [6, 6.07) is 3.43. The number of hydrogen-bond acceptors (Lipinski definition) is 2. The number of aromatic nitrogens is 1. The van der Waals surface area contributed by atoms with E-state index < -0.39 is 11.1 Å². The molecule has 10 heavy (non-hydrogen) atoms. The minimum atomic E-state index is -1.74. The molecule has 0 spiro atoms. The van der Waals surface area contributed by atoms with Gasteiger partial charge in [-0.2, -0.15) is 0 Å². The van der Waals surface area contributed by atoms with Crippen LogP contribution in [-0.4, -0.2) is 13.7 Å². The van der Waals surface area contributed by atoms with Crippen LogP contribution in [0.1, 0.15) is 5.56 Å². The monoisotopic (exact) mass is 157 g/mol. The standard InChI is InChI=1S/C6H7NO2S/c8-10(9)5-6-1-3-7-4-2-6/h1-4H,5H2,(H,8,9). The molecule has 54 valence electrons. The van der Waals surface area contributed by atoms with Crippen LogP contribution in [0.3, 0.4) is 0 Å². The highest BCUT2D eigenvalue weighted by atomic mass is 32.2. The Labute approximate surface area is 61.4 Å². The van der Waals surface area contributed by atoms with E-state index in [1.165, 1.54) is 0 Å². The molecule has 0 saturated heterocycles. The predicted molar refractivity (Wildman–Crippen MR) is 38.7 cm³/mol. The highest BCUT2D eigenvalue weighted by molar-refractivity contribution is 7.78. The van der Waals surface area contributed by atoms with Crippen molar-refractivity contribution in [3.05, 3.63) is 30.1 Å². The first kappa shape index (κ1) is 7.37. The van der Waals surface area contributed by atoms with Crippen molar-refractivity contribution >= 4 is 11.1 Å². The molecule has 3 nitrogen and oxygen atoms in total. The number of nitrogens with zero attached hydrogens (tertiary/aromatic N) is 1. The van der Waals surface area contributed by atoms with E-state index in [4.69, 9.17) is 4.55 Å². The van der Waals surface area contributed by atoms with E-state index in [1.54, 1.807) is 24.5 Å². The molecule has 0 aromatic carbocycles. The fourth-order valence-corrected chi connectivity index (χ4v) is 1.10. The molecule has 1 rings (SSSR count). The van der Waals surface area contributed by atoms with Gasteiger partial charge in [-0.1, -0.05) is 0 Å². The Kier molecular flexibility index (Phi) is 2.53. The van der Waals surface area contributed by atoms with Crippen LogP contribution in [0.4, 0.5) is 0 Å². The Bertz CT molecular complexity index is 224. The SMILES string of the molecule is O=S(O)Cc1ccncc1. The predicted octanol–water partition coefficient (Wildman–Crippen LogP) is 0.803. The van der Waals surface area contributed by atoms with Crippen molar-refractivity contribution in [2.45, 2.75) is 5.75 Å². The lowest BCUT2D eigenvalue weighted by Gasteiger charge is -1.92. The van der Waals surface area contributed by atoms with Crippen molar-refractivity contribution in [3.63, 3.8) is 0 Å². The molecule has 1 N–H and O–H groups in total. The van der Waals surface area contributed by atoms with Crippen molar-refractivity contribution in [2.24, 2.45) is 0 Å². The van der Waals surface area contributed by atoms with Crippen LogP contribution < -0.4 is 0 Å². The first-order valence-electron chi connectivity index (χ1n) is 2.75. The summed E-state index contributed by atoms with van der Waals surface area (Å²) in [6.45, 7) is 0. The minimum Gasteiger partial charge on any atom is -0.306 e. The minimum absolute atomic E-state index is 0.183. The molecule has 0 saturated carbocycles. The lowest BCUT2D eigenvalue weighted by molar-refractivity contribution is 0.563. The molecule has 1 unspecified atom stereocenters. The van der Waals surface area contributed by atoms with Gasteiger partial charge in [-0.05, 0) is 17.7 Å². The molecule has 0 aliphatic carbocycles. The molecule has 0 fully saturated rings. The second kappa shape index (κ2) is 3.43. The van der Waals surface area contributed by atoms with Crippen molar-refractivity contribution < 1.29 is 8.76 Å². The van der Waals surface area contributed by atoms with E-state index in [9.17, 15) is 4.21 Å². The smallest absolute Gasteiger partial charge is 0.157 e. The van der Waals surface area contributed by atoms with Gasteiger partial charge in [0.1, 0.15) is 0 Å². The van der Waals surface area contributed by atoms with E-state index in [0.717, 1.165) is 5.56 Å². The first-order valence-corrected chi connectivity index (χ1v) is 4.03. The van der Waals surface area contributed by atoms with E-state index in [1.807, 2.05) is 0 Å². The lowest BCUT2D eigenvalue weighted by Crippen LogP contribution is -1.91. The molecule has 4 heteroatoms. The Morgan fingerprint density at radius 3 is 2.60 bits per heavy atom. The third kappa shape index (κ3) is 2.24. The molecule has 0 aliphatic heterocycles. The summed E-state index contributed by atoms with van der Waals surface area (Å²) in [7, 11) is 0. The normalized spacial score (nSPS) is 12.9. The van der Waals surface area contributed by atoms with Crippen LogP contribution in [0.25, 0.3) is 0 Å². The lowest BCUT2D eigenvalue weighted by atomic mass is 10.3. The second-order valence-corrected chi connectivity index (χ2v) is 2.75. The van der Waals surface area contributed by atoms with Gasteiger partial charge < -0.3 is 4.55 Å². The molecule has 0 radical (unpaired) electrons. The van der Waals surface area contributed by atoms with Gasteiger partial charge in [0.05, 0.1) is 5.75 Å². The Balaban J connectivity index is 2.67. The Hall–Kier alpha value is -0.740. The third-order valence-corrected chi connectivity index (χ3v) is 1.62. The van der Waals surface area contributed by atoms with Gasteiger partial charge >= 0.3 is 0 Å². The molecular formula is C6H7NO2S. The van der Waals surface area contributed by atoms with E-state index in [0.29, 0.717) is 0 Å². The molecule has 1 atom stereocenters. The Morgan fingerprint density at radius 2 is 2.10 bits per heavy atom. The molecule has 0 aliphatic rings. The van der Waals surface area contributed by atoms with Gasteiger partial charge in [-0.15, -0.1) is 0 Å². The summed E-state index contributed by atoms with van der Waals surface area (Å²) in [5.74, 6) is 0.183. The van der Waals surface area contributed by atoms with Crippen LogP contribution in [-0.2, 0) is 16.8 Å². The fourth-order valence-electron chi connectivity index (χ4n) is 0.622. The van der Waals surface area contributed by atoms with Crippen LogP contribution in [0.5, 0.6) is 0 Å². The number of pyridine rings is 1. The molecule has 0 bridgehead atoms. The van der Waals surface area contributed by atoms with Crippen LogP contribution in [0.2, 0.25) is 0 Å². The quantitative estimate of drug-likeness (QED) is 0.646. The Morgan fingerprint density at radius 1 is 1.50 bits per heavy atom. The zero-order valence-corrected chi connectivity index (χ0v) is 6.04. The summed E-state index contributed by atoms with van der Waals surface area (Å²) >= 11 is -1.74. The summed E-state index contributed by atoms with van der Waals surface area (Å²) in [6.07, 6.45) is 3.20. The average Bonchev–Trinajstić information content (AvgIpc) is 1.88. The first-order chi connectivity index (χ1) is 4.79. The maximum atomic E-state index is 10.3. The molecular weight excluding hydrogens is 150 g/mol. The van der Waals surface area contributed by atoms with E-state index >= 15 is 0 Å². The van der Waals surface area contributed by atoms with Gasteiger partial charge in [0.25, 0.3) is 0 Å². The average molecular weight is 157 g/mol. The van der Waals surface area contributed by atoms with Gasteiger partial charge in [-0.3, -0.25) is 4.98 Å². The zero-order valence-electron chi connectivity index (χ0n) is 5.23. The number of hydrogen-bond donors (Lipinski definition) is 1. The van der Waals surface area contributed by atoms with Crippen molar-refractivity contribution in [2.75, 3.05) is 0 Å². The van der Waals surface area contributed by atoms with Crippen molar-refractivity contribution in [1.82, 2.24) is 4.98 Å². The zero-order chi connectivity index (χ0) is 7.40. The van der Waals surface area contributed by atoms with Crippen LogP contribution in [0, 0.1) is 0 Å². The third-order valence-electron chi connectivity index (χ3n) is 1.04. The van der Waals surface area contributed by atoms with Crippen LogP contribution >= 0.6 is 0 Å². The van der Waals surface area contributed by atoms with Gasteiger partial charge in [0.15, 0.2) is 11.1 Å². The van der Waals surface area contributed by atoms with Crippen molar-refractivity contribution in [1.29, 1.82) is 0 Å². The second-order valence-electron chi connectivity index (χ2n) is 1.82. The molecule has 1 aromatic rings. The maximum absolute atomic E-state index is 10.3. The van der Waals surface area contributed by atoms with Gasteiger partial charge in [0.2, 0.25) is 0 Å². The number of rotatable bonds is 2. The highest BCUT2D eigenvalue weighted by Gasteiger charge is 1.94. The van der Waals surface area contributed by atoms with Gasteiger partial charge in [0, 0.05) is 12.4 Å². The highest BCUT2D eigenvalue weighted by Crippen LogP contribution is 1.98. The maximum Gasteiger partial charge on any atom is 0.157 e. The summed E-state index contributed by atoms with van der Waals surface area (Å²) < 4.78 is 18.7. The van der Waals surface area contributed by atoms with Crippen LogP contribution in [0.15, 0.2) is 24.5 Å². The summed E-state index contributed by atoms with van der Waals surface area (Å²) in [5, 5.41) is 0. The fraction of sp³-hybridized carbons (Fsp3) is 0.167. The largest absolute Gasteiger partial charge is 0.306 e. The molecule has 1 heterocycles. The van der Waals surface area contributed by atoms with Crippen molar-refractivity contribution in [3.8, 4) is 0 Å².